The second-order valence-electron chi connectivity index (χ2n) is 9.46. The smallest absolute Gasteiger partial charge is 0.223 e. The highest BCUT2D eigenvalue weighted by Gasteiger charge is 2.28. The normalized spacial score (nSPS) is 14.6. The van der Waals surface area contributed by atoms with E-state index < -0.39 is 0 Å². The van der Waals surface area contributed by atoms with Crippen LogP contribution in [0, 0.1) is 0 Å². The van der Waals surface area contributed by atoms with E-state index in [-0.39, 0.29) is 11.8 Å². The number of anilines is 1. The molecule has 0 N–H and O–H groups in total. The van der Waals surface area contributed by atoms with Crippen molar-refractivity contribution in [3.05, 3.63) is 89.1 Å². The van der Waals surface area contributed by atoms with Gasteiger partial charge in [-0.05, 0) is 47.5 Å². The predicted octanol–water partition coefficient (Wildman–Crippen LogP) is 5.72. The van der Waals surface area contributed by atoms with E-state index in [1.54, 1.807) is 14.2 Å². The minimum absolute atomic E-state index is 0.144. The number of hydrogen-bond donors (Lipinski definition) is 0. The molecule has 1 aromatic heterocycles. The van der Waals surface area contributed by atoms with Crippen LogP contribution >= 0.6 is 11.6 Å². The number of amides is 1. The fourth-order valence-corrected chi connectivity index (χ4v) is 5.46. The molecule has 1 amide bonds. The Labute approximate surface area is 223 Å². The number of carbonyl (C=O) groups is 1. The first-order chi connectivity index (χ1) is 18.0. The molecule has 3 aromatic carbocycles. The summed E-state index contributed by atoms with van der Waals surface area (Å²) < 4.78 is 13.3. The fourth-order valence-electron chi connectivity index (χ4n) is 5.28. The summed E-state index contributed by atoms with van der Waals surface area (Å²) in [6.45, 7) is 2.90. The molecule has 0 aliphatic carbocycles. The number of aromatic nitrogens is 1. The van der Waals surface area contributed by atoms with Gasteiger partial charge in [0.1, 0.15) is 11.5 Å². The van der Waals surface area contributed by atoms with Crippen LogP contribution in [0.5, 0.6) is 11.5 Å². The quantitative estimate of drug-likeness (QED) is 0.314. The van der Waals surface area contributed by atoms with Gasteiger partial charge < -0.3 is 23.8 Å². The van der Waals surface area contributed by atoms with E-state index in [1.807, 2.05) is 60.5 Å². The van der Waals surface area contributed by atoms with E-state index in [1.165, 1.54) is 0 Å². The molecule has 1 aliphatic heterocycles. The van der Waals surface area contributed by atoms with E-state index in [2.05, 4.69) is 33.9 Å². The van der Waals surface area contributed by atoms with Gasteiger partial charge in [-0.2, -0.15) is 0 Å². The van der Waals surface area contributed by atoms with Crippen LogP contribution in [0.2, 0.25) is 5.02 Å². The Bertz CT molecular complexity index is 1390. The van der Waals surface area contributed by atoms with Crippen LogP contribution in [0.4, 0.5) is 5.69 Å². The number of nitrogens with zero attached hydrogens (tertiary/aromatic N) is 3. The van der Waals surface area contributed by atoms with Crippen molar-refractivity contribution in [1.82, 2.24) is 9.47 Å². The summed E-state index contributed by atoms with van der Waals surface area (Å²) in [5.41, 5.74) is 4.36. The first-order valence-corrected chi connectivity index (χ1v) is 12.9. The van der Waals surface area contributed by atoms with Crippen molar-refractivity contribution in [2.24, 2.45) is 7.05 Å². The summed E-state index contributed by atoms with van der Waals surface area (Å²) in [4.78, 5) is 18.0. The van der Waals surface area contributed by atoms with Crippen molar-refractivity contribution >= 4 is 34.1 Å². The lowest BCUT2D eigenvalue weighted by molar-refractivity contribution is -0.131. The lowest BCUT2D eigenvalue weighted by Crippen LogP contribution is -2.49. The first-order valence-electron chi connectivity index (χ1n) is 12.5. The summed E-state index contributed by atoms with van der Waals surface area (Å²) in [5.74, 6) is 1.42. The van der Waals surface area contributed by atoms with Crippen molar-refractivity contribution in [3.63, 3.8) is 0 Å². The SMILES string of the molecule is COc1cc(OC)cc(C(CC(=O)N2CCN(c3cccc(Cl)c3)CC2)c2cn(C)c3ccccc23)c1. The zero-order valence-corrected chi connectivity index (χ0v) is 22.2. The van der Waals surface area contributed by atoms with Crippen LogP contribution < -0.4 is 14.4 Å². The van der Waals surface area contributed by atoms with Crippen molar-refractivity contribution in [2.45, 2.75) is 12.3 Å². The van der Waals surface area contributed by atoms with Crippen molar-refractivity contribution in [2.75, 3.05) is 45.3 Å². The Morgan fingerprint density at radius 1 is 0.919 bits per heavy atom. The Morgan fingerprint density at radius 2 is 1.62 bits per heavy atom. The monoisotopic (exact) mass is 517 g/mol. The average molecular weight is 518 g/mol. The molecule has 1 unspecified atom stereocenters. The molecule has 2 heterocycles. The molecule has 1 atom stereocenters. The molecule has 4 aromatic rings. The molecular weight excluding hydrogens is 486 g/mol. The van der Waals surface area contributed by atoms with E-state index >= 15 is 0 Å². The van der Waals surface area contributed by atoms with Gasteiger partial charge in [-0.3, -0.25) is 4.79 Å². The van der Waals surface area contributed by atoms with Crippen LogP contribution in [-0.4, -0.2) is 55.8 Å². The van der Waals surface area contributed by atoms with Crippen molar-refractivity contribution < 1.29 is 14.3 Å². The van der Waals surface area contributed by atoms with Gasteiger partial charge in [0, 0.05) is 79.4 Å². The average Bonchev–Trinajstić information content (AvgIpc) is 3.27. The molecule has 1 saturated heterocycles. The third-order valence-electron chi connectivity index (χ3n) is 7.26. The molecule has 192 valence electrons. The summed E-state index contributed by atoms with van der Waals surface area (Å²) in [6, 6.07) is 22.1. The molecular formula is C30H32ClN3O3. The molecule has 5 rings (SSSR count). The largest absolute Gasteiger partial charge is 0.497 e. The number of aryl methyl sites for hydroxylation is 1. The van der Waals surface area contributed by atoms with Gasteiger partial charge in [0.2, 0.25) is 5.91 Å². The molecule has 6 nitrogen and oxygen atoms in total. The lowest BCUT2D eigenvalue weighted by Gasteiger charge is -2.36. The molecule has 37 heavy (non-hydrogen) atoms. The highest BCUT2D eigenvalue weighted by Crippen LogP contribution is 2.38. The number of carbonyl (C=O) groups excluding carboxylic acids is 1. The molecule has 1 aliphatic rings. The van der Waals surface area contributed by atoms with Crippen LogP contribution in [0.15, 0.2) is 72.9 Å². The number of fused-ring (bicyclic) bond motifs is 1. The number of methoxy groups -OCH3 is 2. The summed E-state index contributed by atoms with van der Waals surface area (Å²) >= 11 is 6.19. The molecule has 0 bridgehead atoms. The highest BCUT2D eigenvalue weighted by atomic mass is 35.5. The molecule has 0 saturated carbocycles. The zero-order chi connectivity index (χ0) is 25.9. The second kappa shape index (κ2) is 10.8. The Morgan fingerprint density at radius 3 is 2.30 bits per heavy atom. The number of hydrogen-bond acceptors (Lipinski definition) is 4. The maximum absolute atomic E-state index is 13.7. The maximum Gasteiger partial charge on any atom is 0.223 e. The Balaban J connectivity index is 1.43. The van der Waals surface area contributed by atoms with Gasteiger partial charge in [-0.1, -0.05) is 35.9 Å². The van der Waals surface area contributed by atoms with E-state index in [4.69, 9.17) is 21.1 Å². The number of halogens is 1. The predicted molar refractivity (Wildman–Crippen MR) is 149 cm³/mol. The van der Waals surface area contributed by atoms with Crippen LogP contribution in [0.3, 0.4) is 0 Å². The summed E-state index contributed by atoms with van der Waals surface area (Å²) in [6.07, 6.45) is 2.51. The highest BCUT2D eigenvalue weighted by molar-refractivity contribution is 6.30. The minimum atomic E-state index is -0.145. The molecule has 7 heteroatoms. The Kier molecular flexibility index (Phi) is 7.28. The summed E-state index contributed by atoms with van der Waals surface area (Å²) in [5, 5.41) is 1.87. The first kappa shape index (κ1) is 25.0. The molecule has 0 spiro atoms. The van der Waals surface area contributed by atoms with Gasteiger partial charge in [0.25, 0.3) is 0 Å². The van der Waals surface area contributed by atoms with Crippen molar-refractivity contribution in [3.8, 4) is 11.5 Å². The fraction of sp³-hybridized carbons (Fsp3) is 0.300. The minimum Gasteiger partial charge on any atom is -0.497 e. The topological polar surface area (TPSA) is 46.9 Å². The van der Waals surface area contributed by atoms with Gasteiger partial charge in [-0.15, -0.1) is 0 Å². The number of piperazine rings is 1. The lowest BCUT2D eigenvalue weighted by atomic mass is 9.87. The van der Waals surface area contributed by atoms with E-state index in [9.17, 15) is 4.79 Å². The molecule has 1 fully saturated rings. The van der Waals surface area contributed by atoms with Gasteiger partial charge >= 0.3 is 0 Å². The summed E-state index contributed by atoms with van der Waals surface area (Å²) in [7, 11) is 5.35. The zero-order valence-electron chi connectivity index (χ0n) is 21.5. The van der Waals surface area contributed by atoms with Crippen molar-refractivity contribution in [1.29, 1.82) is 0 Å². The van der Waals surface area contributed by atoms with Crippen LogP contribution in [0.1, 0.15) is 23.5 Å². The number of para-hydroxylation sites is 1. The number of ether oxygens (including phenoxy) is 2. The number of rotatable bonds is 7. The third kappa shape index (κ3) is 5.25. The van der Waals surface area contributed by atoms with Gasteiger partial charge in [0.05, 0.1) is 14.2 Å². The van der Waals surface area contributed by atoms with Crippen LogP contribution in [-0.2, 0) is 11.8 Å². The van der Waals surface area contributed by atoms with E-state index in [0.29, 0.717) is 31.0 Å². The standard InChI is InChI=1S/C30H32ClN3O3/c1-32-20-28(26-9-4-5-10-29(26)32)27(21-15-24(36-2)18-25(16-21)37-3)19-30(35)34-13-11-33(12-14-34)23-8-6-7-22(31)17-23/h4-10,15-18,20,27H,11-14,19H2,1-3H3. The van der Waals surface area contributed by atoms with E-state index in [0.717, 1.165) is 45.8 Å². The van der Waals surface area contributed by atoms with Crippen LogP contribution in [0.25, 0.3) is 10.9 Å². The molecule has 0 radical (unpaired) electrons. The second-order valence-corrected chi connectivity index (χ2v) is 9.90. The Hall–Kier alpha value is -3.64. The maximum atomic E-state index is 13.7. The number of benzene rings is 3. The third-order valence-corrected chi connectivity index (χ3v) is 7.50. The van der Waals surface area contributed by atoms with Gasteiger partial charge in [0.15, 0.2) is 0 Å². The van der Waals surface area contributed by atoms with Gasteiger partial charge in [-0.25, -0.2) is 0 Å².